The molecule has 7 nitrogen and oxygen atoms in total. The maximum Gasteiger partial charge on any atom is 0.264 e. The van der Waals surface area contributed by atoms with Crippen molar-refractivity contribution in [3.63, 3.8) is 0 Å². The first-order valence-corrected chi connectivity index (χ1v) is 7.65. The highest BCUT2D eigenvalue weighted by atomic mass is 32.2. The van der Waals surface area contributed by atoms with Gasteiger partial charge in [0.2, 0.25) is 5.88 Å². The number of aromatic nitrogens is 2. The van der Waals surface area contributed by atoms with Gasteiger partial charge in [-0.15, -0.1) is 0 Å². The van der Waals surface area contributed by atoms with E-state index in [9.17, 15) is 8.42 Å². The first-order valence-electron chi connectivity index (χ1n) is 6.17. The van der Waals surface area contributed by atoms with Crippen molar-refractivity contribution in [2.24, 2.45) is 0 Å². The molecule has 20 heavy (non-hydrogen) atoms. The van der Waals surface area contributed by atoms with Crippen LogP contribution in [0.2, 0.25) is 0 Å². The zero-order valence-electron chi connectivity index (χ0n) is 11.3. The number of nitrogens with zero attached hydrogens (tertiary/aromatic N) is 2. The molecule has 0 aliphatic rings. The van der Waals surface area contributed by atoms with Gasteiger partial charge >= 0.3 is 0 Å². The molecule has 2 N–H and O–H groups in total. The molecule has 0 amide bonds. The Kier molecular flexibility index (Phi) is 4.23. The van der Waals surface area contributed by atoms with Crippen LogP contribution in [0.3, 0.4) is 0 Å². The van der Waals surface area contributed by atoms with Gasteiger partial charge in [-0.05, 0) is 19.4 Å². The van der Waals surface area contributed by atoms with Crippen molar-refractivity contribution in [2.75, 3.05) is 16.6 Å². The summed E-state index contributed by atoms with van der Waals surface area (Å²) in [5.74, 6) is 0.603. The van der Waals surface area contributed by atoms with Crippen LogP contribution in [0.25, 0.3) is 0 Å². The molecule has 0 saturated carbocycles. The third-order valence-electron chi connectivity index (χ3n) is 2.46. The van der Waals surface area contributed by atoms with Crippen molar-refractivity contribution in [2.45, 2.75) is 25.2 Å². The smallest absolute Gasteiger partial charge is 0.264 e. The number of anilines is 2. The van der Waals surface area contributed by atoms with Crippen LogP contribution in [0.4, 0.5) is 11.7 Å². The Morgan fingerprint density at radius 2 is 2.15 bits per heavy atom. The average Bonchev–Trinajstić information content (AvgIpc) is 2.81. The Balaban J connectivity index is 2.20. The lowest BCUT2D eigenvalue weighted by Gasteiger charge is -2.07. The summed E-state index contributed by atoms with van der Waals surface area (Å²) in [6, 6.07) is 4.40. The summed E-state index contributed by atoms with van der Waals surface area (Å²) in [5.41, 5.74) is 0.600. The summed E-state index contributed by atoms with van der Waals surface area (Å²) >= 11 is 0. The van der Waals surface area contributed by atoms with Crippen molar-refractivity contribution in [3.05, 3.63) is 30.1 Å². The van der Waals surface area contributed by atoms with E-state index >= 15 is 0 Å². The second-order valence-corrected chi connectivity index (χ2v) is 5.92. The van der Waals surface area contributed by atoms with Crippen molar-refractivity contribution < 1.29 is 12.9 Å². The van der Waals surface area contributed by atoms with Gasteiger partial charge in [0.1, 0.15) is 5.82 Å². The Morgan fingerprint density at radius 1 is 1.35 bits per heavy atom. The molecule has 0 fully saturated rings. The number of sulfonamides is 1. The quantitative estimate of drug-likeness (QED) is 0.846. The van der Waals surface area contributed by atoms with Crippen LogP contribution in [-0.2, 0) is 10.0 Å². The fourth-order valence-electron chi connectivity index (χ4n) is 1.53. The molecule has 2 rings (SSSR count). The molecule has 2 heterocycles. The van der Waals surface area contributed by atoms with E-state index < -0.39 is 10.0 Å². The maximum atomic E-state index is 12.2. The van der Waals surface area contributed by atoms with Crippen LogP contribution in [0.15, 0.2) is 33.8 Å². The highest BCUT2D eigenvalue weighted by Crippen LogP contribution is 2.18. The van der Waals surface area contributed by atoms with E-state index in [4.69, 9.17) is 4.52 Å². The molecule has 0 aliphatic heterocycles. The van der Waals surface area contributed by atoms with E-state index in [1.807, 2.05) is 6.92 Å². The van der Waals surface area contributed by atoms with Crippen LogP contribution in [0.1, 0.15) is 19.0 Å². The monoisotopic (exact) mass is 296 g/mol. The van der Waals surface area contributed by atoms with Crippen LogP contribution in [-0.4, -0.2) is 25.1 Å². The molecule has 0 saturated heterocycles. The van der Waals surface area contributed by atoms with Crippen molar-refractivity contribution >= 4 is 21.7 Å². The van der Waals surface area contributed by atoms with Gasteiger partial charge in [0.15, 0.2) is 0 Å². The zero-order chi connectivity index (χ0) is 14.6. The second kappa shape index (κ2) is 5.91. The van der Waals surface area contributed by atoms with E-state index in [0.29, 0.717) is 11.5 Å². The Bertz CT molecular complexity index is 682. The second-order valence-electron chi connectivity index (χ2n) is 4.24. The van der Waals surface area contributed by atoms with E-state index in [1.165, 1.54) is 24.4 Å². The summed E-state index contributed by atoms with van der Waals surface area (Å²) in [6.45, 7) is 4.45. The summed E-state index contributed by atoms with van der Waals surface area (Å²) in [6.07, 6.45) is 2.37. The van der Waals surface area contributed by atoms with Gasteiger partial charge in [0.05, 0.1) is 10.6 Å². The predicted molar refractivity (Wildman–Crippen MR) is 75.1 cm³/mol. The third kappa shape index (κ3) is 3.47. The molecule has 0 spiro atoms. The highest BCUT2D eigenvalue weighted by Gasteiger charge is 2.17. The number of hydrogen-bond donors (Lipinski definition) is 2. The largest absolute Gasteiger partial charge is 0.370 e. The average molecular weight is 296 g/mol. The number of hydrogen-bond acceptors (Lipinski definition) is 6. The topological polar surface area (TPSA) is 97.1 Å². The molecule has 108 valence electrons. The lowest BCUT2D eigenvalue weighted by atomic mass is 10.4. The molecule has 0 aromatic carbocycles. The molecule has 0 atom stereocenters. The van der Waals surface area contributed by atoms with E-state index in [-0.39, 0.29) is 10.8 Å². The molecule has 0 aliphatic carbocycles. The predicted octanol–water partition coefficient (Wildman–Crippen LogP) is 2.00. The lowest BCUT2D eigenvalue weighted by molar-refractivity contribution is 0.430. The third-order valence-corrected chi connectivity index (χ3v) is 3.81. The van der Waals surface area contributed by atoms with Crippen molar-refractivity contribution in [3.8, 4) is 0 Å². The number of nitrogens with one attached hydrogen (secondary N) is 2. The molecule has 2 aromatic heterocycles. The fourth-order valence-corrected chi connectivity index (χ4v) is 2.52. The summed E-state index contributed by atoms with van der Waals surface area (Å²) in [5, 5.41) is 6.66. The molecule has 0 bridgehead atoms. The Hall–Kier alpha value is -2.09. The van der Waals surface area contributed by atoms with Crippen LogP contribution in [0.5, 0.6) is 0 Å². The maximum absolute atomic E-state index is 12.2. The molecule has 0 radical (unpaired) electrons. The van der Waals surface area contributed by atoms with E-state index in [2.05, 4.69) is 20.2 Å². The minimum absolute atomic E-state index is 0.0855. The summed E-state index contributed by atoms with van der Waals surface area (Å²) in [7, 11) is -3.71. The van der Waals surface area contributed by atoms with Gasteiger partial charge in [-0.25, -0.2) is 18.1 Å². The minimum Gasteiger partial charge on any atom is -0.370 e. The van der Waals surface area contributed by atoms with E-state index in [1.54, 1.807) is 6.92 Å². The summed E-state index contributed by atoms with van der Waals surface area (Å²) in [4.78, 5) is 4.17. The highest BCUT2D eigenvalue weighted by molar-refractivity contribution is 7.92. The van der Waals surface area contributed by atoms with Gasteiger partial charge in [-0.3, -0.25) is 0 Å². The summed E-state index contributed by atoms with van der Waals surface area (Å²) < 4.78 is 31.5. The fraction of sp³-hybridized carbons (Fsp3) is 0.333. The van der Waals surface area contributed by atoms with Gasteiger partial charge in [0, 0.05) is 24.9 Å². The van der Waals surface area contributed by atoms with Crippen LogP contribution >= 0.6 is 0 Å². The molecule has 0 unspecified atom stereocenters. The number of pyridine rings is 1. The normalized spacial score (nSPS) is 11.3. The van der Waals surface area contributed by atoms with Crippen LogP contribution in [0, 0.1) is 6.92 Å². The van der Waals surface area contributed by atoms with E-state index in [0.717, 1.165) is 13.0 Å². The molecule has 2 aromatic rings. The number of rotatable bonds is 6. The van der Waals surface area contributed by atoms with Gasteiger partial charge in [0.25, 0.3) is 10.0 Å². The van der Waals surface area contributed by atoms with Gasteiger partial charge in [-0.1, -0.05) is 12.1 Å². The Morgan fingerprint density at radius 3 is 2.80 bits per heavy atom. The van der Waals surface area contributed by atoms with Crippen molar-refractivity contribution in [1.82, 2.24) is 10.1 Å². The van der Waals surface area contributed by atoms with Crippen molar-refractivity contribution in [1.29, 1.82) is 0 Å². The molecular formula is C12H16N4O3S. The van der Waals surface area contributed by atoms with Gasteiger partial charge in [-0.2, -0.15) is 0 Å². The lowest BCUT2D eigenvalue weighted by Crippen LogP contribution is -2.13. The zero-order valence-corrected chi connectivity index (χ0v) is 12.1. The first kappa shape index (κ1) is 14.3. The standard InChI is InChI=1S/C12H16N4O3S/c1-3-5-13-11-8-10(4-6-14-11)20(17,18)16-12-7-9(2)15-19-12/h4,6-8,16H,3,5H2,1-2H3,(H,13,14). The Labute approximate surface area is 117 Å². The number of aryl methyl sites for hydroxylation is 1. The molecular weight excluding hydrogens is 280 g/mol. The van der Waals surface area contributed by atoms with Crippen LogP contribution < -0.4 is 10.0 Å². The minimum atomic E-state index is -3.71. The first-order chi connectivity index (χ1) is 9.51. The van der Waals surface area contributed by atoms with Gasteiger partial charge < -0.3 is 9.84 Å². The molecule has 8 heteroatoms. The SMILES string of the molecule is CCCNc1cc(S(=O)(=O)Nc2cc(C)no2)ccn1.